The highest BCUT2D eigenvalue weighted by Gasteiger charge is 2.44. The SMILES string of the molecule is CN[C@@H](C)C(=O)N[C@H]1CN(C(=O)CC(C)C)CC[C@H]2CC[C@@H](c3nc4c(CC5CCCC5)cccc4[nH]3)N2C1=O. The summed E-state index contributed by atoms with van der Waals surface area (Å²) in [4.78, 5) is 52.7. The van der Waals surface area contributed by atoms with Crippen LogP contribution in [0.25, 0.3) is 11.0 Å². The van der Waals surface area contributed by atoms with E-state index in [-0.39, 0.29) is 42.3 Å². The Balaban J connectivity index is 1.42. The predicted octanol–water partition coefficient (Wildman–Crippen LogP) is 3.70. The second-order valence-electron chi connectivity index (χ2n) is 12.6. The van der Waals surface area contributed by atoms with Crippen molar-refractivity contribution < 1.29 is 14.4 Å². The van der Waals surface area contributed by atoms with Crippen molar-refractivity contribution in [3.63, 3.8) is 0 Å². The second-order valence-corrected chi connectivity index (χ2v) is 12.6. The lowest BCUT2D eigenvalue weighted by Crippen LogP contribution is -2.60. The van der Waals surface area contributed by atoms with Crippen LogP contribution >= 0.6 is 0 Å². The van der Waals surface area contributed by atoms with Crippen molar-refractivity contribution >= 4 is 28.8 Å². The van der Waals surface area contributed by atoms with E-state index in [0.29, 0.717) is 13.0 Å². The maximum Gasteiger partial charge on any atom is 0.247 e. The van der Waals surface area contributed by atoms with E-state index in [2.05, 4.69) is 33.8 Å². The minimum Gasteiger partial charge on any atom is -0.341 e. The molecule has 0 radical (unpaired) electrons. The van der Waals surface area contributed by atoms with Crippen LogP contribution in [0.15, 0.2) is 18.2 Å². The van der Waals surface area contributed by atoms with E-state index in [0.717, 1.165) is 48.5 Å². The molecule has 218 valence electrons. The number of H-pyrrole nitrogens is 1. The highest BCUT2D eigenvalue weighted by atomic mass is 16.2. The maximum atomic E-state index is 14.2. The van der Waals surface area contributed by atoms with Crippen molar-refractivity contribution in [3.8, 4) is 0 Å². The van der Waals surface area contributed by atoms with Crippen LogP contribution in [-0.4, -0.2) is 75.8 Å². The summed E-state index contributed by atoms with van der Waals surface area (Å²) in [5.41, 5.74) is 3.32. The van der Waals surface area contributed by atoms with Crippen molar-refractivity contribution in [1.29, 1.82) is 0 Å². The minimum atomic E-state index is -0.801. The van der Waals surface area contributed by atoms with Crippen LogP contribution in [0.1, 0.15) is 89.6 Å². The largest absolute Gasteiger partial charge is 0.341 e. The summed E-state index contributed by atoms with van der Waals surface area (Å²) in [6, 6.07) is 4.95. The molecule has 3 N–H and O–H groups in total. The number of aromatic nitrogens is 2. The summed E-state index contributed by atoms with van der Waals surface area (Å²) in [5, 5.41) is 5.92. The van der Waals surface area contributed by atoms with E-state index >= 15 is 0 Å². The van der Waals surface area contributed by atoms with E-state index in [9.17, 15) is 14.4 Å². The Morgan fingerprint density at radius 3 is 2.60 bits per heavy atom. The van der Waals surface area contributed by atoms with Crippen molar-refractivity contribution in [1.82, 2.24) is 30.4 Å². The van der Waals surface area contributed by atoms with Gasteiger partial charge in [-0.05, 0) is 63.1 Å². The molecule has 1 aromatic heterocycles. The smallest absolute Gasteiger partial charge is 0.247 e. The number of nitrogens with one attached hydrogen (secondary N) is 3. The number of benzene rings is 1. The minimum absolute atomic E-state index is 0.000512. The molecule has 1 saturated carbocycles. The maximum absolute atomic E-state index is 14.2. The Kier molecular flexibility index (Phi) is 8.78. The van der Waals surface area contributed by atoms with Crippen LogP contribution in [0.3, 0.4) is 0 Å². The van der Waals surface area contributed by atoms with E-state index < -0.39 is 12.1 Å². The number of aromatic amines is 1. The number of carbonyl (C=O) groups is 3. The van der Waals surface area contributed by atoms with E-state index in [1.807, 2.05) is 18.7 Å². The summed E-state index contributed by atoms with van der Waals surface area (Å²) in [6.07, 6.45) is 9.08. The van der Waals surface area contributed by atoms with Gasteiger partial charge in [-0.3, -0.25) is 14.4 Å². The summed E-state index contributed by atoms with van der Waals surface area (Å²) in [6.45, 7) is 6.58. The number of hydrogen-bond acceptors (Lipinski definition) is 5. The van der Waals surface area contributed by atoms with Crippen LogP contribution in [0.5, 0.6) is 0 Å². The van der Waals surface area contributed by atoms with Crippen LogP contribution in [0.4, 0.5) is 0 Å². The first kappa shape index (κ1) is 28.6. The van der Waals surface area contributed by atoms with Gasteiger partial charge in [0.25, 0.3) is 0 Å². The molecule has 0 spiro atoms. The number of para-hydroxylation sites is 1. The molecule has 2 aromatic rings. The fraction of sp³-hybridized carbons (Fsp3) is 0.677. The number of carbonyl (C=O) groups excluding carboxylic acids is 3. The van der Waals surface area contributed by atoms with Gasteiger partial charge in [0.1, 0.15) is 11.9 Å². The average molecular weight is 551 g/mol. The summed E-state index contributed by atoms with van der Waals surface area (Å²) in [5.74, 6) is 1.45. The van der Waals surface area contributed by atoms with Gasteiger partial charge in [-0.15, -0.1) is 0 Å². The van der Waals surface area contributed by atoms with E-state index in [4.69, 9.17) is 4.98 Å². The zero-order chi connectivity index (χ0) is 28.4. The van der Waals surface area contributed by atoms with Gasteiger partial charge in [-0.1, -0.05) is 51.7 Å². The first-order valence-corrected chi connectivity index (χ1v) is 15.3. The summed E-state index contributed by atoms with van der Waals surface area (Å²) >= 11 is 0. The van der Waals surface area contributed by atoms with Gasteiger partial charge in [0.05, 0.1) is 23.1 Å². The predicted molar refractivity (Wildman–Crippen MR) is 155 cm³/mol. The lowest BCUT2D eigenvalue weighted by Gasteiger charge is -2.39. The number of amides is 3. The molecule has 1 aliphatic carbocycles. The van der Waals surface area contributed by atoms with Gasteiger partial charge >= 0.3 is 0 Å². The summed E-state index contributed by atoms with van der Waals surface area (Å²) in [7, 11) is 1.72. The van der Waals surface area contributed by atoms with Crippen molar-refractivity contribution in [2.24, 2.45) is 11.8 Å². The Morgan fingerprint density at radius 2 is 1.88 bits per heavy atom. The Bertz CT molecular complexity index is 1220. The molecule has 9 nitrogen and oxygen atoms in total. The molecule has 3 fully saturated rings. The third-order valence-corrected chi connectivity index (χ3v) is 9.18. The number of imidazole rings is 1. The molecular formula is C31H46N6O3. The lowest BCUT2D eigenvalue weighted by atomic mass is 9.97. The van der Waals surface area contributed by atoms with E-state index in [1.54, 1.807) is 18.9 Å². The molecule has 40 heavy (non-hydrogen) atoms. The van der Waals surface area contributed by atoms with Crippen LogP contribution in [0, 0.1) is 11.8 Å². The van der Waals surface area contributed by atoms with Gasteiger partial charge in [0, 0.05) is 25.6 Å². The quantitative estimate of drug-likeness (QED) is 0.464. The molecule has 9 heteroatoms. The fourth-order valence-corrected chi connectivity index (χ4v) is 6.84. The van der Waals surface area contributed by atoms with Gasteiger partial charge in [0.15, 0.2) is 0 Å². The van der Waals surface area contributed by atoms with Crippen LogP contribution in [-0.2, 0) is 20.8 Å². The highest BCUT2D eigenvalue weighted by molar-refractivity contribution is 5.91. The molecule has 3 amide bonds. The third-order valence-electron chi connectivity index (χ3n) is 9.18. The monoisotopic (exact) mass is 550 g/mol. The first-order chi connectivity index (χ1) is 19.2. The number of likely N-dealkylation sites (N-methyl/N-ethyl adjacent to an activating group) is 1. The Morgan fingerprint density at radius 1 is 1.10 bits per heavy atom. The standard InChI is InChI=1S/C31H46N6O3/c1-19(2)16-27(38)36-15-14-23-12-13-26(37(23)31(40)25(18-36)34-30(39)20(3)32-4)29-33-24-11-7-10-22(28(24)35-29)17-21-8-5-6-9-21/h7,10-11,19-21,23,25-26,32H,5-6,8-9,12-18H2,1-4H3,(H,33,35)(H,34,39)/t20-,23+,25-,26-/m0/s1. The topological polar surface area (TPSA) is 110 Å². The van der Waals surface area contributed by atoms with Crippen molar-refractivity contribution in [3.05, 3.63) is 29.6 Å². The van der Waals surface area contributed by atoms with Gasteiger partial charge in [-0.25, -0.2) is 4.98 Å². The zero-order valence-electron chi connectivity index (χ0n) is 24.5. The van der Waals surface area contributed by atoms with Crippen LogP contribution in [0.2, 0.25) is 0 Å². The second kappa shape index (κ2) is 12.3. The molecule has 0 unspecified atom stereocenters. The third kappa shape index (κ3) is 6.04. The number of hydrogen-bond donors (Lipinski definition) is 3. The molecule has 3 heterocycles. The van der Waals surface area contributed by atoms with Crippen molar-refractivity contribution in [2.45, 2.75) is 103 Å². The van der Waals surface area contributed by atoms with Gasteiger partial charge in [-0.2, -0.15) is 0 Å². The first-order valence-electron chi connectivity index (χ1n) is 15.3. The molecular weight excluding hydrogens is 504 g/mol. The molecule has 4 atom stereocenters. The average Bonchev–Trinajstić information content (AvgIpc) is 3.68. The molecule has 0 bridgehead atoms. The molecule has 5 rings (SSSR count). The highest BCUT2D eigenvalue weighted by Crippen LogP contribution is 2.39. The molecule has 1 aromatic carbocycles. The molecule has 2 aliphatic heterocycles. The fourth-order valence-electron chi connectivity index (χ4n) is 6.84. The van der Waals surface area contributed by atoms with Gasteiger partial charge < -0.3 is 25.4 Å². The van der Waals surface area contributed by atoms with Crippen LogP contribution < -0.4 is 10.6 Å². The molecule has 2 saturated heterocycles. The number of nitrogens with zero attached hydrogens (tertiary/aromatic N) is 3. The van der Waals surface area contributed by atoms with Gasteiger partial charge in [0.2, 0.25) is 17.7 Å². The Hall–Kier alpha value is -2.94. The number of fused-ring (bicyclic) bond motifs is 2. The van der Waals surface area contributed by atoms with Crippen molar-refractivity contribution in [2.75, 3.05) is 20.1 Å². The number of rotatable bonds is 8. The Labute approximate surface area is 237 Å². The summed E-state index contributed by atoms with van der Waals surface area (Å²) < 4.78 is 0. The normalized spacial score (nSPS) is 24.8. The lowest BCUT2D eigenvalue weighted by molar-refractivity contribution is -0.144. The van der Waals surface area contributed by atoms with E-state index in [1.165, 1.54) is 31.2 Å². The molecule has 3 aliphatic rings. The zero-order valence-corrected chi connectivity index (χ0v) is 24.5.